The van der Waals surface area contributed by atoms with Gasteiger partial charge in [0.1, 0.15) is 5.75 Å². The Morgan fingerprint density at radius 1 is 1.16 bits per heavy atom. The fourth-order valence-corrected chi connectivity index (χ4v) is 2.44. The number of nitrogen functional groups attached to an aromatic ring is 1. The Morgan fingerprint density at radius 2 is 1.84 bits per heavy atom. The van der Waals surface area contributed by atoms with E-state index in [2.05, 4.69) is 0 Å². The van der Waals surface area contributed by atoms with Crippen molar-refractivity contribution in [2.24, 2.45) is 0 Å². The Hall–Kier alpha value is -1.94. The monoisotopic (exact) mass is 273 g/mol. The summed E-state index contributed by atoms with van der Waals surface area (Å²) in [6, 6.07) is 12.9. The quantitative estimate of drug-likeness (QED) is 0.686. The van der Waals surface area contributed by atoms with Gasteiger partial charge in [0.2, 0.25) is 5.12 Å². The van der Waals surface area contributed by atoms with Crippen molar-refractivity contribution in [1.29, 1.82) is 0 Å². The van der Waals surface area contributed by atoms with E-state index in [-0.39, 0.29) is 5.12 Å². The highest BCUT2D eigenvalue weighted by Gasteiger charge is 2.12. The molecule has 0 saturated carbocycles. The van der Waals surface area contributed by atoms with Crippen LogP contribution >= 0.6 is 11.8 Å². The molecule has 0 unspecified atom stereocenters. The molecule has 2 aromatic rings. The number of thioether (sulfide) groups is 1. The summed E-state index contributed by atoms with van der Waals surface area (Å²) in [5, 5.41) is -0.0497. The first-order valence-electron chi connectivity index (χ1n) is 5.83. The summed E-state index contributed by atoms with van der Waals surface area (Å²) in [6.45, 7) is 1.89. The molecule has 19 heavy (non-hydrogen) atoms. The molecule has 0 aliphatic heterocycles. The van der Waals surface area contributed by atoms with E-state index in [9.17, 15) is 4.79 Å². The van der Waals surface area contributed by atoms with Gasteiger partial charge in [-0.05, 0) is 54.6 Å². The van der Waals surface area contributed by atoms with Crippen LogP contribution in [0.1, 0.15) is 15.9 Å². The second-order valence-electron chi connectivity index (χ2n) is 4.10. The van der Waals surface area contributed by atoms with Crippen molar-refractivity contribution in [2.45, 2.75) is 11.8 Å². The number of ether oxygens (including phenoxy) is 1. The molecule has 0 radical (unpaired) electrons. The number of carbonyl (C=O) groups is 1. The summed E-state index contributed by atoms with van der Waals surface area (Å²) in [7, 11) is 1.61. The van der Waals surface area contributed by atoms with Crippen molar-refractivity contribution in [3.63, 3.8) is 0 Å². The number of hydrogen-bond acceptors (Lipinski definition) is 4. The topological polar surface area (TPSA) is 52.3 Å². The van der Waals surface area contributed by atoms with Gasteiger partial charge < -0.3 is 10.5 Å². The van der Waals surface area contributed by atoms with Crippen LogP contribution in [0.25, 0.3) is 0 Å². The Morgan fingerprint density at radius 3 is 2.47 bits per heavy atom. The van der Waals surface area contributed by atoms with E-state index in [0.717, 1.165) is 28.0 Å². The standard InChI is InChI=1S/C15H15NO2S/c1-10-4-3-5-13(14(10)16)15(17)19-12-8-6-11(18-2)7-9-12/h3-9H,16H2,1-2H3. The molecular weight excluding hydrogens is 258 g/mol. The summed E-state index contributed by atoms with van der Waals surface area (Å²) in [4.78, 5) is 13.1. The maximum Gasteiger partial charge on any atom is 0.226 e. The van der Waals surface area contributed by atoms with Crippen molar-refractivity contribution >= 4 is 22.6 Å². The zero-order chi connectivity index (χ0) is 13.8. The molecule has 0 heterocycles. The SMILES string of the molecule is COc1ccc(SC(=O)c2cccc(C)c2N)cc1. The van der Waals surface area contributed by atoms with E-state index in [0.29, 0.717) is 11.3 Å². The Labute approximate surface area is 116 Å². The summed E-state index contributed by atoms with van der Waals surface area (Å²) in [6.07, 6.45) is 0. The zero-order valence-electron chi connectivity index (χ0n) is 10.8. The van der Waals surface area contributed by atoms with Gasteiger partial charge in [-0.25, -0.2) is 0 Å². The van der Waals surface area contributed by atoms with Gasteiger partial charge in [0.05, 0.1) is 12.7 Å². The normalized spacial score (nSPS) is 10.2. The largest absolute Gasteiger partial charge is 0.497 e. The average molecular weight is 273 g/mol. The van der Waals surface area contributed by atoms with Gasteiger partial charge in [0, 0.05) is 10.6 Å². The van der Waals surface area contributed by atoms with E-state index in [1.165, 1.54) is 0 Å². The lowest BCUT2D eigenvalue weighted by molar-refractivity contribution is 0.108. The molecule has 98 valence electrons. The summed E-state index contributed by atoms with van der Waals surface area (Å²) < 4.78 is 5.08. The highest BCUT2D eigenvalue weighted by molar-refractivity contribution is 8.14. The van der Waals surface area contributed by atoms with Crippen LogP contribution in [0, 0.1) is 6.92 Å². The molecule has 0 fully saturated rings. The summed E-state index contributed by atoms with van der Waals surface area (Å²) in [5.74, 6) is 0.770. The van der Waals surface area contributed by atoms with Gasteiger partial charge in [0.25, 0.3) is 0 Å². The first kappa shape index (κ1) is 13.5. The van der Waals surface area contributed by atoms with Crippen LogP contribution in [0.3, 0.4) is 0 Å². The summed E-state index contributed by atoms with van der Waals surface area (Å²) in [5.41, 5.74) is 7.95. The van der Waals surface area contributed by atoms with E-state index in [1.54, 1.807) is 13.2 Å². The number of anilines is 1. The third kappa shape index (κ3) is 3.09. The third-order valence-electron chi connectivity index (χ3n) is 2.81. The maximum atomic E-state index is 12.2. The van der Waals surface area contributed by atoms with Gasteiger partial charge in [-0.2, -0.15) is 0 Å². The van der Waals surface area contributed by atoms with Gasteiger partial charge in [-0.15, -0.1) is 0 Å². The lowest BCUT2D eigenvalue weighted by Crippen LogP contribution is -2.01. The fourth-order valence-electron chi connectivity index (χ4n) is 1.66. The second-order valence-corrected chi connectivity index (χ2v) is 5.15. The average Bonchev–Trinajstić information content (AvgIpc) is 2.42. The van der Waals surface area contributed by atoms with Crippen LogP contribution in [0.4, 0.5) is 5.69 Å². The number of hydrogen-bond donors (Lipinski definition) is 1. The van der Waals surface area contributed by atoms with Crippen LogP contribution in [0.2, 0.25) is 0 Å². The van der Waals surface area contributed by atoms with Crippen LogP contribution in [-0.2, 0) is 0 Å². The minimum atomic E-state index is -0.0497. The predicted molar refractivity (Wildman–Crippen MR) is 78.8 cm³/mol. The zero-order valence-corrected chi connectivity index (χ0v) is 11.7. The molecular formula is C15H15NO2S. The number of benzene rings is 2. The highest BCUT2D eigenvalue weighted by Crippen LogP contribution is 2.28. The van der Waals surface area contributed by atoms with Gasteiger partial charge in [0.15, 0.2) is 0 Å². The van der Waals surface area contributed by atoms with E-state index in [4.69, 9.17) is 10.5 Å². The molecule has 0 aromatic heterocycles. The van der Waals surface area contributed by atoms with Crippen LogP contribution in [0.5, 0.6) is 5.75 Å². The first-order chi connectivity index (χ1) is 9.11. The molecule has 2 rings (SSSR count). The van der Waals surface area contributed by atoms with Crippen molar-refractivity contribution < 1.29 is 9.53 Å². The third-order valence-corrected chi connectivity index (χ3v) is 3.73. The molecule has 4 heteroatoms. The van der Waals surface area contributed by atoms with Crippen LogP contribution < -0.4 is 10.5 Å². The van der Waals surface area contributed by atoms with Crippen molar-refractivity contribution in [2.75, 3.05) is 12.8 Å². The van der Waals surface area contributed by atoms with Crippen LogP contribution in [-0.4, -0.2) is 12.2 Å². The van der Waals surface area contributed by atoms with E-state index in [1.807, 2.05) is 43.3 Å². The molecule has 0 spiro atoms. The number of para-hydroxylation sites is 1. The number of carbonyl (C=O) groups excluding carboxylic acids is 1. The van der Waals surface area contributed by atoms with Crippen molar-refractivity contribution in [3.05, 3.63) is 53.6 Å². The summed E-state index contributed by atoms with van der Waals surface area (Å²) >= 11 is 1.16. The lowest BCUT2D eigenvalue weighted by Gasteiger charge is -2.07. The van der Waals surface area contributed by atoms with Gasteiger partial charge in [-0.3, -0.25) is 4.79 Å². The number of methoxy groups -OCH3 is 1. The molecule has 0 bridgehead atoms. The fraction of sp³-hybridized carbons (Fsp3) is 0.133. The van der Waals surface area contributed by atoms with Crippen molar-refractivity contribution in [3.8, 4) is 5.75 Å². The second kappa shape index (κ2) is 5.80. The van der Waals surface area contributed by atoms with E-state index < -0.39 is 0 Å². The first-order valence-corrected chi connectivity index (χ1v) is 6.65. The van der Waals surface area contributed by atoms with E-state index >= 15 is 0 Å². The molecule has 3 nitrogen and oxygen atoms in total. The molecule has 0 aliphatic rings. The van der Waals surface area contributed by atoms with Crippen LogP contribution in [0.15, 0.2) is 47.4 Å². The minimum Gasteiger partial charge on any atom is -0.497 e. The molecule has 0 amide bonds. The number of rotatable bonds is 3. The minimum absolute atomic E-state index is 0.0497. The molecule has 0 atom stereocenters. The Bertz CT molecular complexity index is 594. The molecule has 2 N–H and O–H groups in total. The maximum absolute atomic E-state index is 12.2. The number of aryl methyl sites for hydroxylation is 1. The lowest BCUT2D eigenvalue weighted by atomic mass is 10.1. The Balaban J connectivity index is 2.18. The molecule has 0 saturated heterocycles. The molecule has 0 aliphatic carbocycles. The Kier molecular flexibility index (Phi) is 4.12. The molecule has 2 aromatic carbocycles. The predicted octanol–water partition coefficient (Wildman–Crippen LogP) is 3.52. The highest BCUT2D eigenvalue weighted by atomic mass is 32.2. The van der Waals surface area contributed by atoms with Gasteiger partial charge >= 0.3 is 0 Å². The number of nitrogens with two attached hydrogens (primary N) is 1. The van der Waals surface area contributed by atoms with Crippen molar-refractivity contribution in [1.82, 2.24) is 0 Å². The van der Waals surface area contributed by atoms with Gasteiger partial charge in [-0.1, -0.05) is 12.1 Å². The smallest absolute Gasteiger partial charge is 0.226 e.